The largest absolute Gasteiger partial charge is 0.398 e. The van der Waals surface area contributed by atoms with Crippen molar-refractivity contribution in [2.75, 3.05) is 5.73 Å². The number of aromatic nitrogens is 1. The van der Waals surface area contributed by atoms with Crippen molar-refractivity contribution in [1.29, 1.82) is 0 Å². The van der Waals surface area contributed by atoms with Crippen LogP contribution in [0.1, 0.15) is 40.4 Å². The van der Waals surface area contributed by atoms with Crippen LogP contribution in [-0.4, -0.2) is 10.8 Å². The Kier molecular flexibility index (Phi) is 3.57. The number of benzene rings is 1. The minimum absolute atomic E-state index is 0.0726. The summed E-state index contributed by atoms with van der Waals surface area (Å²) in [4.78, 5) is 17.2. The van der Waals surface area contributed by atoms with Crippen LogP contribution in [0.5, 0.6) is 0 Å². The molecule has 0 spiro atoms. The molecule has 2 N–H and O–H groups in total. The number of pyridine rings is 1. The molecule has 0 bridgehead atoms. The van der Waals surface area contributed by atoms with Gasteiger partial charge in [-0.15, -0.1) is 0 Å². The molecular weight excluding hydrogens is 316 g/mol. The second-order valence-electron chi connectivity index (χ2n) is 5.09. The number of nitrogens with two attached hydrogens (primary N) is 1. The number of halogens is 1. The molecule has 3 nitrogen and oxygen atoms in total. The van der Waals surface area contributed by atoms with E-state index in [0.29, 0.717) is 11.3 Å². The van der Waals surface area contributed by atoms with E-state index in [0.717, 1.165) is 29.4 Å². The molecule has 1 aromatic carbocycles. The highest BCUT2D eigenvalue weighted by atomic mass is 79.9. The third kappa shape index (κ3) is 2.36. The van der Waals surface area contributed by atoms with Crippen molar-refractivity contribution in [1.82, 2.24) is 4.98 Å². The summed E-state index contributed by atoms with van der Waals surface area (Å²) in [6.07, 6.45) is 4.62. The predicted molar refractivity (Wildman–Crippen MR) is 82.8 cm³/mol. The fraction of sp³-hybridized carbons (Fsp3) is 0.250. The third-order valence-electron chi connectivity index (χ3n) is 3.79. The van der Waals surface area contributed by atoms with Crippen molar-refractivity contribution >= 4 is 27.4 Å². The molecule has 0 fully saturated rings. The molecule has 0 aliphatic heterocycles. The Morgan fingerprint density at radius 1 is 1.35 bits per heavy atom. The molecule has 0 amide bonds. The predicted octanol–water partition coefficient (Wildman–Crippen LogP) is 3.73. The summed E-state index contributed by atoms with van der Waals surface area (Å²) < 4.78 is 0.868. The van der Waals surface area contributed by atoms with Gasteiger partial charge in [0.2, 0.25) is 0 Å². The first-order chi connectivity index (χ1) is 9.66. The molecule has 0 saturated carbocycles. The van der Waals surface area contributed by atoms with E-state index in [1.54, 1.807) is 18.3 Å². The maximum Gasteiger partial charge on any atom is 0.174 e. The van der Waals surface area contributed by atoms with Gasteiger partial charge >= 0.3 is 0 Å². The SMILES string of the molecule is Nc1ccc(Br)cc1C(=O)C1CCCc2cccnc21. The van der Waals surface area contributed by atoms with Gasteiger partial charge in [-0.1, -0.05) is 22.0 Å². The van der Waals surface area contributed by atoms with Gasteiger partial charge in [0.25, 0.3) is 0 Å². The van der Waals surface area contributed by atoms with Crippen LogP contribution in [0.15, 0.2) is 41.0 Å². The molecule has 20 heavy (non-hydrogen) atoms. The van der Waals surface area contributed by atoms with Crippen molar-refractivity contribution in [3.8, 4) is 0 Å². The van der Waals surface area contributed by atoms with Crippen LogP contribution in [0.4, 0.5) is 5.69 Å². The average molecular weight is 331 g/mol. The Balaban J connectivity index is 2.02. The fourth-order valence-corrected chi connectivity index (χ4v) is 3.16. The molecule has 1 aliphatic carbocycles. The van der Waals surface area contributed by atoms with Crippen LogP contribution >= 0.6 is 15.9 Å². The van der Waals surface area contributed by atoms with E-state index in [-0.39, 0.29) is 11.7 Å². The first-order valence-electron chi connectivity index (χ1n) is 6.70. The fourth-order valence-electron chi connectivity index (χ4n) is 2.79. The number of anilines is 1. The minimum atomic E-state index is -0.170. The van der Waals surface area contributed by atoms with E-state index in [2.05, 4.69) is 27.0 Å². The second kappa shape index (κ2) is 5.37. The summed E-state index contributed by atoms with van der Waals surface area (Å²) in [6.45, 7) is 0. The maximum absolute atomic E-state index is 12.8. The molecule has 2 aromatic rings. The highest BCUT2D eigenvalue weighted by molar-refractivity contribution is 9.10. The van der Waals surface area contributed by atoms with E-state index in [1.807, 2.05) is 12.1 Å². The number of aryl methyl sites for hydroxylation is 1. The topological polar surface area (TPSA) is 56.0 Å². The number of rotatable bonds is 2. The summed E-state index contributed by atoms with van der Waals surface area (Å²) in [5.41, 5.74) is 9.18. The first-order valence-corrected chi connectivity index (χ1v) is 7.49. The van der Waals surface area contributed by atoms with E-state index >= 15 is 0 Å². The standard InChI is InChI=1S/C16H15BrN2O/c17-11-6-7-14(18)13(9-11)16(20)12-5-1-3-10-4-2-8-19-15(10)12/h2,4,6-9,12H,1,3,5,18H2. The number of hydrogen-bond donors (Lipinski definition) is 1. The van der Waals surface area contributed by atoms with E-state index in [4.69, 9.17) is 5.73 Å². The van der Waals surface area contributed by atoms with Crippen LogP contribution in [-0.2, 0) is 6.42 Å². The second-order valence-corrected chi connectivity index (χ2v) is 6.00. The Morgan fingerprint density at radius 3 is 3.05 bits per heavy atom. The van der Waals surface area contributed by atoms with Gasteiger partial charge in [-0.25, -0.2) is 0 Å². The van der Waals surface area contributed by atoms with Crippen molar-refractivity contribution in [2.45, 2.75) is 25.2 Å². The van der Waals surface area contributed by atoms with Gasteiger partial charge in [0.1, 0.15) is 0 Å². The van der Waals surface area contributed by atoms with E-state index in [1.165, 1.54) is 5.56 Å². The number of carbonyl (C=O) groups excluding carboxylic acids is 1. The van der Waals surface area contributed by atoms with Crippen molar-refractivity contribution in [2.24, 2.45) is 0 Å². The highest BCUT2D eigenvalue weighted by Gasteiger charge is 2.29. The van der Waals surface area contributed by atoms with Gasteiger partial charge in [-0.05, 0) is 49.1 Å². The smallest absolute Gasteiger partial charge is 0.174 e. The minimum Gasteiger partial charge on any atom is -0.398 e. The first kappa shape index (κ1) is 13.3. The number of nitrogen functional groups attached to an aromatic ring is 1. The molecule has 3 rings (SSSR count). The van der Waals surface area contributed by atoms with Gasteiger partial charge in [0.05, 0.1) is 11.6 Å². The zero-order valence-electron chi connectivity index (χ0n) is 11.0. The van der Waals surface area contributed by atoms with Crippen molar-refractivity contribution in [3.63, 3.8) is 0 Å². The molecule has 1 aromatic heterocycles. The number of hydrogen-bond acceptors (Lipinski definition) is 3. The molecule has 1 aliphatic rings. The molecular formula is C16H15BrN2O. The lowest BCUT2D eigenvalue weighted by Gasteiger charge is -2.23. The van der Waals surface area contributed by atoms with E-state index < -0.39 is 0 Å². The summed E-state index contributed by atoms with van der Waals surface area (Å²) in [5.74, 6) is -0.0972. The van der Waals surface area contributed by atoms with Crippen LogP contribution in [0.3, 0.4) is 0 Å². The molecule has 0 radical (unpaired) electrons. The van der Waals surface area contributed by atoms with Crippen LogP contribution < -0.4 is 5.73 Å². The molecule has 102 valence electrons. The zero-order chi connectivity index (χ0) is 14.1. The van der Waals surface area contributed by atoms with Gasteiger partial charge in [-0.3, -0.25) is 9.78 Å². The monoisotopic (exact) mass is 330 g/mol. The van der Waals surface area contributed by atoms with Gasteiger partial charge in [0, 0.05) is 21.9 Å². The normalized spacial score (nSPS) is 17.6. The lowest BCUT2D eigenvalue weighted by Crippen LogP contribution is -2.21. The lowest BCUT2D eigenvalue weighted by atomic mass is 9.82. The van der Waals surface area contributed by atoms with Crippen LogP contribution in [0, 0.1) is 0 Å². The molecule has 1 atom stereocenters. The number of ketones is 1. The lowest BCUT2D eigenvalue weighted by molar-refractivity contribution is 0.0950. The number of nitrogens with zero attached hydrogens (tertiary/aromatic N) is 1. The Labute approximate surface area is 126 Å². The number of carbonyl (C=O) groups is 1. The maximum atomic E-state index is 12.8. The van der Waals surface area contributed by atoms with Crippen LogP contribution in [0.2, 0.25) is 0 Å². The van der Waals surface area contributed by atoms with Gasteiger partial charge in [-0.2, -0.15) is 0 Å². The highest BCUT2D eigenvalue weighted by Crippen LogP contribution is 2.34. The number of Topliss-reactive ketones (excluding diaryl/α,β-unsaturated/α-hetero) is 1. The third-order valence-corrected chi connectivity index (χ3v) is 4.29. The molecule has 0 saturated heterocycles. The summed E-state index contributed by atoms with van der Waals surface area (Å²) >= 11 is 3.40. The van der Waals surface area contributed by atoms with Crippen LogP contribution in [0.25, 0.3) is 0 Å². The Morgan fingerprint density at radius 2 is 2.20 bits per heavy atom. The Bertz CT molecular complexity index is 669. The summed E-state index contributed by atoms with van der Waals surface area (Å²) in [7, 11) is 0. The quantitative estimate of drug-likeness (QED) is 0.674. The zero-order valence-corrected chi connectivity index (χ0v) is 12.6. The number of fused-ring (bicyclic) bond motifs is 1. The summed E-state index contributed by atoms with van der Waals surface area (Å²) in [5, 5.41) is 0. The molecule has 1 heterocycles. The van der Waals surface area contributed by atoms with Crippen molar-refractivity contribution in [3.05, 3.63) is 57.8 Å². The van der Waals surface area contributed by atoms with Crippen molar-refractivity contribution < 1.29 is 4.79 Å². The van der Waals surface area contributed by atoms with E-state index in [9.17, 15) is 4.79 Å². The molecule has 1 unspecified atom stereocenters. The Hall–Kier alpha value is -1.68. The molecule has 4 heteroatoms. The average Bonchev–Trinajstić information content (AvgIpc) is 2.48. The van der Waals surface area contributed by atoms with Gasteiger partial charge < -0.3 is 5.73 Å². The van der Waals surface area contributed by atoms with Gasteiger partial charge in [0.15, 0.2) is 5.78 Å². The summed E-state index contributed by atoms with van der Waals surface area (Å²) in [6, 6.07) is 9.40.